The van der Waals surface area contributed by atoms with Crippen LogP contribution < -0.4 is 11.3 Å². The first-order valence-corrected chi connectivity index (χ1v) is 7.41. The van der Waals surface area contributed by atoms with Gasteiger partial charge in [-0.25, -0.2) is 4.39 Å². The third kappa shape index (κ3) is 3.65. The van der Waals surface area contributed by atoms with Gasteiger partial charge in [-0.05, 0) is 24.6 Å². The predicted molar refractivity (Wildman–Crippen MR) is 84.6 cm³/mol. The van der Waals surface area contributed by atoms with Gasteiger partial charge in [-0.1, -0.05) is 0 Å². The third-order valence-corrected chi connectivity index (χ3v) is 3.81. The van der Waals surface area contributed by atoms with Crippen LogP contribution in [0.15, 0.2) is 35.4 Å². The summed E-state index contributed by atoms with van der Waals surface area (Å²) in [4.78, 5) is 18.7. The number of alkyl halides is 3. The largest absolute Gasteiger partial charge is 0.394 e. The van der Waals surface area contributed by atoms with Crippen LogP contribution in [0.5, 0.6) is 0 Å². The zero-order valence-corrected chi connectivity index (χ0v) is 12.9. The van der Waals surface area contributed by atoms with Gasteiger partial charge in [-0.15, -0.1) is 0 Å². The van der Waals surface area contributed by atoms with Crippen molar-refractivity contribution in [1.29, 1.82) is 0 Å². The monoisotopic (exact) mass is 354 g/mol. The number of aromatic amines is 1. The van der Waals surface area contributed by atoms with E-state index in [1.165, 1.54) is 16.8 Å². The molecular weight excluding hydrogens is 340 g/mol. The summed E-state index contributed by atoms with van der Waals surface area (Å²) in [6, 6.07) is 4.64. The highest BCUT2D eigenvalue weighted by atomic mass is 19.4. The average molecular weight is 354 g/mol. The van der Waals surface area contributed by atoms with Crippen molar-refractivity contribution >= 4 is 16.7 Å². The number of fused-ring (bicyclic) bond motifs is 1. The summed E-state index contributed by atoms with van der Waals surface area (Å²) in [5.41, 5.74) is 6.22. The maximum Gasteiger partial charge on any atom is 0.389 e. The molecule has 3 N–H and O–H groups in total. The second kappa shape index (κ2) is 6.23. The fourth-order valence-corrected chi connectivity index (χ4v) is 2.61. The number of halogens is 4. The molecule has 3 rings (SSSR count). The first-order chi connectivity index (χ1) is 11.7. The molecule has 132 valence electrons. The Morgan fingerprint density at radius 3 is 2.80 bits per heavy atom. The molecule has 0 unspecified atom stereocenters. The summed E-state index contributed by atoms with van der Waals surface area (Å²) in [5.74, 6) is -0.800. The molecule has 5 nitrogen and oxygen atoms in total. The molecule has 0 fully saturated rings. The van der Waals surface area contributed by atoms with E-state index in [-0.39, 0.29) is 23.3 Å². The Bertz CT molecular complexity index is 974. The maximum atomic E-state index is 13.9. The lowest BCUT2D eigenvalue weighted by Gasteiger charge is -2.08. The highest BCUT2D eigenvalue weighted by Gasteiger charge is 2.28. The summed E-state index contributed by atoms with van der Waals surface area (Å²) in [5, 5.41) is 0. The van der Waals surface area contributed by atoms with Crippen LogP contribution >= 0.6 is 0 Å². The van der Waals surface area contributed by atoms with Gasteiger partial charge in [0.1, 0.15) is 5.82 Å². The van der Waals surface area contributed by atoms with Gasteiger partial charge in [0.2, 0.25) is 0 Å². The van der Waals surface area contributed by atoms with Crippen LogP contribution in [0, 0.1) is 5.82 Å². The number of nitrogens with one attached hydrogen (secondary N) is 1. The molecule has 25 heavy (non-hydrogen) atoms. The summed E-state index contributed by atoms with van der Waals surface area (Å²) >= 11 is 0. The average Bonchev–Trinajstić information content (AvgIpc) is 2.92. The van der Waals surface area contributed by atoms with Crippen LogP contribution in [0.25, 0.3) is 11.0 Å². The minimum Gasteiger partial charge on any atom is -0.394 e. The molecule has 3 aromatic rings. The topological polar surface area (TPSA) is 76.7 Å². The van der Waals surface area contributed by atoms with Gasteiger partial charge < -0.3 is 15.3 Å². The number of pyridine rings is 2. The number of nitrogens with two attached hydrogens (primary N) is 1. The predicted octanol–water partition coefficient (Wildman–Crippen LogP) is 2.99. The quantitative estimate of drug-likeness (QED) is 0.707. The van der Waals surface area contributed by atoms with Crippen molar-refractivity contribution < 1.29 is 17.6 Å². The Hall–Kier alpha value is -2.84. The molecular formula is C16H14F4N4O. The second-order valence-electron chi connectivity index (χ2n) is 5.65. The van der Waals surface area contributed by atoms with Gasteiger partial charge in [-0.2, -0.15) is 13.2 Å². The van der Waals surface area contributed by atoms with Crippen molar-refractivity contribution in [3.63, 3.8) is 0 Å². The lowest BCUT2D eigenvalue weighted by molar-refractivity contribution is -0.134. The van der Waals surface area contributed by atoms with E-state index in [1.807, 2.05) is 0 Å². The highest BCUT2D eigenvalue weighted by Crippen LogP contribution is 2.27. The lowest BCUT2D eigenvalue weighted by Crippen LogP contribution is -2.22. The molecule has 0 aliphatic carbocycles. The number of nitrogens with zero attached hydrogens (tertiary/aromatic N) is 2. The van der Waals surface area contributed by atoms with Crippen LogP contribution in [-0.2, 0) is 13.0 Å². The minimum absolute atomic E-state index is 0.0755. The fourth-order valence-electron chi connectivity index (χ4n) is 2.61. The number of aryl methyl sites for hydroxylation is 1. The van der Waals surface area contributed by atoms with Crippen molar-refractivity contribution in [3.05, 3.63) is 58.0 Å². The molecule has 0 aliphatic heterocycles. The normalized spacial score (nSPS) is 12.0. The zero-order chi connectivity index (χ0) is 18.2. The fraction of sp³-hybridized carbons (Fsp3) is 0.250. The summed E-state index contributed by atoms with van der Waals surface area (Å²) in [7, 11) is 0. The first kappa shape index (κ1) is 17.0. The molecule has 0 bridgehead atoms. The number of rotatable bonds is 4. The number of nitrogen functional groups attached to an aromatic ring is 1. The number of hydrogen-bond donors (Lipinski definition) is 2. The lowest BCUT2D eigenvalue weighted by atomic mass is 10.1. The van der Waals surface area contributed by atoms with Crippen molar-refractivity contribution in [1.82, 2.24) is 14.5 Å². The summed E-state index contributed by atoms with van der Waals surface area (Å²) in [6.07, 6.45) is -3.58. The molecule has 0 atom stereocenters. The molecule has 3 heterocycles. The Morgan fingerprint density at radius 1 is 1.32 bits per heavy atom. The Kier molecular flexibility index (Phi) is 4.23. The smallest absolute Gasteiger partial charge is 0.389 e. The van der Waals surface area contributed by atoms with Crippen LogP contribution in [0.4, 0.5) is 23.2 Å². The molecule has 0 spiro atoms. The third-order valence-electron chi connectivity index (χ3n) is 3.81. The SMILES string of the molecule is Nc1cccn(Cc2cc3ncc(F)c(CCC(F)(F)F)c3[nH]2)c1=O. The molecule has 0 amide bonds. The van der Waals surface area contributed by atoms with E-state index in [0.29, 0.717) is 11.2 Å². The van der Waals surface area contributed by atoms with Crippen LogP contribution in [0.2, 0.25) is 0 Å². The van der Waals surface area contributed by atoms with Gasteiger partial charge in [0.05, 0.1) is 29.5 Å². The van der Waals surface area contributed by atoms with Crippen molar-refractivity contribution in [2.24, 2.45) is 0 Å². The number of hydrogen-bond acceptors (Lipinski definition) is 3. The first-order valence-electron chi connectivity index (χ1n) is 7.41. The summed E-state index contributed by atoms with van der Waals surface area (Å²) < 4.78 is 52.6. The molecule has 3 aromatic heterocycles. The molecule has 0 aliphatic rings. The van der Waals surface area contributed by atoms with E-state index in [4.69, 9.17) is 5.73 Å². The number of aromatic nitrogens is 3. The molecule has 0 aromatic carbocycles. The van der Waals surface area contributed by atoms with E-state index in [0.717, 1.165) is 6.20 Å². The number of anilines is 1. The van der Waals surface area contributed by atoms with Gasteiger partial charge in [0.15, 0.2) is 0 Å². The van der Waals surface area contributed by atoms with E-state index >= 15 is 0 Å². The molecule has 0 saturated carbocycles. The van der Waals surface area contributed by atoms with E-state index in [9.17, 15) is 22.4 Å². The number of H-pyrrole nitrogens is 1. The summed E-state index contributed by atoms with van der Waals surface area (Å²) in [6.45, 7) is 0.112. The Labute approximate surface area is 139 Å². The molecule has 0 saturated heterocycles. The molecule has 9 heteroatoms. The zero-order valence-electron chi connectivity index (χ0n) is 12.9. The minimum atomic E-state index is -4.38. The van der Waals surface area contributed by atoms with Crippen LogP contribution in [0.3, 0.4) is 0 Å². The van der Waals surface area contributed by atoms with E-state index in [1.54, 1.807) is 12.1 Å². The van der Waals surface area contributed by atoms with Crippen molar-refractivity contribution in [2.45, 2.75) is 25.6 Å². The van der Waals surface area contributed by atoms with Crippen molar-refractivity contribution in [2.75, 3.05) is 5.73 Å². The van der Waals surface area contributed by atoms with Gasteiger partial charge in [-0.3, -0.25) is 9.78 Å². The Balaban J connectivity index is 1.97. The van der Waals surface area contributed by atoms with E-state index in [2.05, 4.69) is 9.97 Å². The van der Waals surface area contributed by atoms with Gasteiger partial charge in [0, 0.05) is 23.9 Å². The highest BCUT2D eigenvalue weighted by molar-refractivity contribution is 5.79. The van der Waals surface area contributed by atoms with Crippen LogP contribution in [0.1, 0.15) is 17.7 Å². The van der Waals surface area contributed by atoms with Gasteiger partial charge >= 0.3 is 6.18 Å². The standard InChI is InChI=1S/C16H14F4N4O/c17-11-7-22-13-6-9(8-24-5-1-2-12(21)15(24)25)23-14(13)10(11)3-4-16(18,19)20/h1-2,5-7,23H,3-4,8,21H2. The maximum absolute atomic E-state index is 13.9. The van der Waals surface area contributed by atoms with Crippen LogP contribution in [-0.4, -0.2) is 20.7 Å². The Morgan fingerprint density at radius 2 is 2.08 bits per heavy atom. The molecule has 0 radical (unpaired) electrons. The second-order valence-corrected chi connectivity index (χ2v) is 5.65. The van der Waals surface area contributed by atoms with E-state index < -0.39 is 30.4 Å². The van der Waals surface area contributed by atoms with Gasteiger partial charge in [0.25, 0.3) is 5.56 Å². The van der Waals surface area contributed by atoms with Crippen molar-refractivity contribution in [3.8, 4) is 0 Å².